The maximum absolute atomic E-state index is 12.5. The highest BCUT2D eigenvalue weighted by molar-refractivity contribution is 7.89. The van der Waals surface area contributed by atoms with Gasteiger partial charge in [0.1, 0.15) is 4.90 Å². The SMILES string of the molecule is C#CCN(CC)S(=O)(=O)c1cc(CNC)ccc1Cl. The van der Waals surface area contributed by atoms with Gasteiger partial charge in [0.05, 0.1) is 11.6 Å². The van der Waals surface area contributed by atoms with E-state index in [-0.39, 0.29) is 16.5 Å². The molecule has 1 aromatic carbocycles. The third-order valence-corrected chi connectivity index (χ3v) is 5.02. The fourth-order valence-corrected chi connectivity index (χ4v) is 3.55. The molecule has 0 fully saturated rings. The lowest BCUT2D eigenvalue weighted by atomic mass is 10.2. The van der Waals surface area contributed by atoms with E-state index in [0.29, 0.717) is 13.1 Å². The Kier molecular flexibility index (Phi) is 5.83. The normalized spacial score (nSPS) is 11.5. The maximum Gasteiger partial charge on any atom is 0.245 e. The second-order valence-electron chi connectivity index (χ2n) is 3.93. The van der Waals surface area contributed by atoms with Gasteiger partial charge < -0.3 is 5.32 Å². The first-order valence-electron chi connectivity index (χ1n) is 5.84. The smallest absolute Gasteiger partial charge is 0.245 e. The van der Waals surface area contributed by atoms with Crippen molar-refractivity contribution in [1.82, 2.24) is 9.62 Å². The molecule has 0 heterocycles. The summed E-state index contributed by atoms with van der Waals surface area (Å²) in [5.41, 5.74) is 0.849. The van der Waals surface area contributed by atoms with Crippen molar-refractivity contribution in [2.24, 2.45) is 0 Å². The van der Waals surface area contributed by atoms with Crippen LogP contribution < -0.4 is 5.32 Å². The van der Waals surface area contributed by atoms with Crippen molar-refractivity contribution in [2.45, 2.75) is 18.4 Å². The first-order valence-corrected chi connectivity index (χ1v) is 7.65. The minimum atomic E-state index is -3.65. The van der Waals surface area contributed by atoms with Crippen LogP contribution in [0.4, 0.5) is 0 Å². The fourth-order valence-electron chi connectivity index (χ4n) is 1.67. The molecule has 1 rings (SSSR count). The first-order chi connectivity index (χ1) is 8.97. The number of rotatable bonds is 6. The van der Waals surface area contributed by atoms with Crippen molar-refractivity contribution < 1.29 is 8.42 Å². The van der Waals surface area contributed by atoms with Crippen LogP contribution in [0, 0.1) is 12.3 Å². The van der Waals surface area contributed by atoms with Crippen LogP contribution in [-0.4, -0.2) is 32.9 Å². The van der Waals surface area contributed by atoms with Crippen LogP contribution >= 0.6 is 11.6 Å². The summed E-state index contributed by atoms with van der Waals surface area (Å²) in [6, 6.07) is 4.95. The zero-order valence-corrected chi connectivity index (χ0v) is 12.6. The number of hydrogen-bond donors (Lipinski definition) is 1. The predicted octanol–water partition coefficient (Wildman–Crippen LogP) is 1.70. The van der Waals surface area contributed by atoms with Gasteiger partial charge in [-0.25, -0.2) is 8.42 Å². The Morgan fingerprint density at radius 2 is 2.16 bits per heavy atom. The first kappa shape index (κ1) is 16.0. The molecule has 1 N–H and O–H groups in total. The van der Waals surface area contributed by atoms with Gasteiger partial charge in [0.25, 0.3) is 0 Å². The molecule has 0 amide bonds. The number of benzene rings is 1. The summed E-state index contributed by atoms with van der Waals surface area (Å²) < 4.78 is 26.1. The van der Waals surface area contributed by atoms with E-state index in [9.17, 15) is 8.42 Å². The van der Waals surface area contributed by atoms with E-state index in [4.69, 9.17) is 18.0 Å². The molecule has 0 spiro atoms. The Hall–Kier alpha value is -1.06. The Morgan fingerprint density at radius 3 is 2.68 bits per heavy atom. The molecule has 0 saturated carbocycles. The number of terminal acetylenes is 1. The van der Waals surface area contributed by atoms with Crippen molar-refractivity contribution in [3.8, 4) is 12.3 Å². The van der Waals surface area contributed by atoms with E-state index >= 15 is 0 Å². The third kappa shape index (κ3) is 3.71. The van der Waals surface area contributed by atoms with Crippen LogP contribution in [0.3, 0.4) is 0 Å². The molecule has 19 heavy (non-hydrogen) atoms. The monoisotopic (exact) mass is 300 g/mol. The highest BCUT2D eigenvalue weighted by Gasteiger charge is 2.25. The number of nitrogens with one attached hydrogen (secondary N) is 1. The molecule has 0 saturated heterocycles. The van der Waals surface area contributed by atoms with Crippen LogP contribution in [0.1, 0.15) is 12.5 Å². The standard InChI is InChI=1S/C13H17ClN2O2S/c1-4-8-16(5-2)19(17,18)13-9-11(10-15-3)6-7-12(13)14/h1,6-7,9,15H,5,8,10H2,2-3H3. The van der Waals surface area contributed by atoms with E-state index in [1.807, 2.05) is 0 Å². The van der Waals surface area contributed by atoms with Gasteiger partial charge in [0, 0.05) is 13.1 Å². The largest absolute Gasteiger partial charge is 0.316 e. The zero-order valence-electron chi connectivity index (χ0n) is 11.0. The van der Waals surface area contributed by atoms with Crippen molar-refractivity contribution >= 4 is 21.6 Å². The Bertz CT molecular complexity index is 579. The summed E-state index contributed by atoms with van der Waals surface area (Å²) in [6.07, 6.45) is 5.20. The number of nitrogens with zero attached hydrogens (tertiary/aromatic N) is 1. The second kappa shape index (κ2) is 6.92. The topological polar surface area (TPSA) is 49.4 Å². The summed E-state index contributed by atoms with van der Waals surface area (Å²) >= 11 is 6.00. The van der Waals surface area contributed by atoms with Crippen LogP contribution in [0.2, 0.25) is 5.02 Å². The molecule has 0 aliphatic carbocycles. The van der Waals surface area contributed by atoms with Crippen LogP contribution in [0.5, 0.6) is 0 Å². The van der Waals surface area contributed by atoms with E-state index in [1.54, 1.807) is 32.2 Å². The quantitative estimate of drug-likeness (QED) is 0.814. The van der Waals surface area contributed by atoms with Gasteiger partial charge >= 0.3 is 0 Å². The number of halogens is 1. The Morgan fingerprint density at radius 1 is 1.47 bits per heavy atom. The highest BCUT2D eigenvalue weighted by atomic mass is 35.5. The molecule has 6 heteroatoms. The molecule has 0 aliphatic heterocycles. The average molecular weight is 301 g/mol. The zero-order chi connectivity index (χ0) is 14.5. The number of sulfonamides is 1. The maximum atomic E-state index is 12.5. The molecular formula is C13H17ClN2O2S. The van der Waals surface area contributed by atoms with Gasteiger partial charge in [-0.2, -0.15) is 4.31 Å². The minimum Gasteiger partial charge on any atom is -0.316 e. The van der Waals surface area contributed by atoms with Crippen molar-refractivity contribution in [2.75, 3.05) is 20.1 Å². The number of hydrogen-bond acceptors (Lipinski definition) is 3. The molecule has 0 atom stereocenters. The molecule has 104 valence electrons. The average Bonchev–Trinajstić information content (AvgIpc) is 2.38. The lowest BCUT2D eigenvalue weighted by Crippen LogP contribution is -2.31. The van der Waals surface area contributed by atoms with E-state index < -0.39 is 10.0 Å². The summed E-state index contributed by atoms with van der Waals surface area (Å²) in [5.74, 6) is 2.35. The molecule has 1 aromatic rings. The Balaban J connectivity index is 3.27. The van der Waals surface area contributed by atoms with Gasteiger partial charge in [-0.05, 0) is 24.7 Å². The van der Waals surface area contributed by atoms with Crippen LogP contribution in [0.25, 0.3) is 0 Å². The molecular weight excluding hydrogens is 284 g/mol. The lowest BCUT2D eigenvalue weighted by molar-refractivity contribution is 0.464. The van der Waals surface area contributed by atoms with Crippen molar-refractivity contribution in [3.05, 3.63) is 28.8 Å². The molecule has 0 aromatic heterocycles. The van der Waals surface area contributed by atoms with Crippen molar-refractivity contribution in [1.29, 1.82) is 0 Å². The molecule has 0 radical (unpaired) electrons. The van der Waals surface area contributed by atoms with Gasteiger partial charge in [-0.15, -0.1) is 6.42 Å². The minimum absolute atomic E-state index is 0.0332. The van der Waals surface area contributed by atoms with Crippen LogP contribution in [0.15, 0.2) is 23.1 Å². The lowest BCUT2D eigenvalue weighted by Gasteiger charge is -2.19. The summed E-state index contributed by atoms with van der Waals surface area (Å²) in [4.78, 5) is 0.0963. The highest BCUT2D eigenvalue weighted by Crippen LogP contribution is 2.25. The van der Waals surface area contributed by atoms with Gasteiger partial charge in [0.2, 0.25) is 10.0 Å². The van der Waals surface area contributed by atoms with Crippen LogP contribution in [-0.2, 0) is 16.6 Å². The molecule has 0 bridgehead atoms. The fraction of sp³-hybridized carbons (Fsp3) is 0.385. The van der Waals surface area contributed by atoms with Gasteiger partial charge in [-0.1, -0.05) is 30.5 Å². The van der Waals surface area contributed by atoms with E-state index in [0.717, 1.165) is 5.56 Å². The van der Waals surface area contributed by atoms with E-state index in [1.165, 1.54) is 4.31 Å². The summed E-state index contributed by atoms with van der Waals surface area (Å²) in [6.45, 7) is 2.64. The third-order valence-electron chi connectivity index (χ3n) is 2.61. The molecule has 0 unspecified atom stereocenters. The summed E-state index contributed by atoms with van der Waals surface area (Å²) in [7, 11) is -1.86. The van der Waals surface area contributed by atoms with Gasteiger partial charge in [-0.3, -0.25) is 0 Å². The van der Waals surface area contributed by atoms with Crippen molar-refractivity contribution in [3.63, 3.8) is 0 Å². The molecule has 4 nitrogen and oxygen atoms in total. The second-order valence-corrected chi connectivity index (χ2v) is 6.24. The van der Waals surface area contributed by atoms with E-state index in [2.05, 4.69) is 11.2 Å². The molecule has 0 aliphatic rings. The Labute approximate surface area is 119 Å². The van der Waals surface area contributed by atoms with Gasteiger partial charge in [0.15, 0.2) is 0 Å². The predicted molar refractivity (Wildman–Crippen MR) is 77.5 cm³/mol. The summed E-state index contributed by atoms with van der Waals surface area (Å²) in [5, 5.41) is 3.17.